The van der Waals surface area contributed by atoms with Crippen LogP contribution in [0.3, 0.4) is 0 Å². The Bertz CT molecular complexity index is 801. The monoisotopic (exact) mass is 352 g/mol. The summed E-state index contributed by atoms with van der Waals surface area (Å²) >= 11 is 0. The summed E-state index contributed by atoms with van der Waals surface area (Å²) in [6.45, 7) is 2.54. The van der Waals surface area contributed by atoms with Crippen molar-refractivity contribution in [3.8, 4) is 0 Å². The van der Waals surface area contributed by atoms with Gasteiger partial charge in [-0.1, -0.05) is 6.07 Å². The molecule has 0 saturated carbocycles. The van der Waals surface area contributed by atoms with Gasteiger partial charge in [0.1, 0.15) is 6.54 Å². The Labute approximate surface area is 141 Å². The first kappa shape index (κ1) is 18.2. The Morgan fingerprint density at radius 1 is 1.29 bits per heavy atom. The zero-order valence-electron chi connectivity index (χ0n) is 13.9. The van der Waals surface area contributed by atoms with Crippen LogP contribution in [0.5, 0.6) is 0 Å². The van der Waals surface area contributed by atoms with Crippen LogP contribution in [-0.2, 0) is 21.4 Å². The molecule has 1 aromatic heterocycles. The fourth-order valence-corrected chi connectivity index (χ4v) is 3.32. The van der Waals surface area contributed by atoms with Crippen molar-refractivity contribution in [2.24, 2.45) is 0 Å². The zero-order chi connectivity index (χ0) is 17.7. The first-order valence-electron chi connectivity index (χ1n) is 7.49. The highest BCUT2D eigenvalue weighted by molar-refractivity contribution is 7.89. The third-order valence-electron chi connectivity index (χ3n) is 3.55. The molecule has 0 saturated heterocycles. The molecule has 24 heavy (non-hydrogen) atoms. The zero-order valence-corrected chi connectivity index (χ0v) is 14.7. The van der Waals surface area contributed by atoms with Gasteiger partial charge in [0.2, 0.25) is 10.0 Å². The number of benzene rings is 1. The van der Waals surface area contributed by atoms with Crippen molar-refractivity contribution in [1.29, 1.82) is 0 Å². The molecule has 0 fully saturated rings. The first-order valence-corrected chi connectivity index (χ1v) is 8.98. The molecule has 1 amide bonds. The van der Waals surface area contributed by atoms with Crippen molar-refractivity contribution in [3.05, 3.63) is 47.9 Å². The van der Waals surface area contributed by atoms with E-state index >= 15 is 0 Å². The van der Waals surface area contributed by atoms with Crippen molar-refractivity contribution >= 4 is 21.6 Å². The quantitative estimate of drug-likeness (QED) is 0.661. The van der Waals surface area contributed by atoms with Crippen molar-refractivity contribution in [1.82, 2.24) is 4.72 Å². The largest absolute Gasteiger partial charge is 0.463 e. The third-order valence-corrected chi connectivity index (χ3v) is 5.10. The van der Waals surface area contributed by atoms with Gasteiger partial charge in [-0.25, -0.2) is 13.1 Å². The van der Waals surface area contributed by atoms with E-state index < -0.39 is 10.0 Å². The first-order chi connectivity index (χ1) is 11.3. The van der Waals surface area contributed by atoms with E-state index in [1.54, 1.807) is 31.4 Å². The Morgan fingerprint density at radius 2 is 2.04 bits per heavy atom. The van der Waals surface area contributed by atoms with Gasteiger partial charge in [0, 0.05) is 5.69 Å². The maximum Gasteiger partial charge on any atom is 0.279 e. The molecule has 3 N–H and O–H groups in total. The van der Waals surface area contributed by atoms with Crippen LogP contribution in [0, 0.1) is 6.92 Å². The summed E-state index contributed by atoms with van der Waals surface area (Å²) in [5.74, 6) is 0.605. The van der Waals surface area contributed by atoms with E-state index in [4.69, 9.17) is 4.42 Å². The molecule has 0 aliphatic carbocycles. The van der Waals surface area contributed by atoms with Gasteiger partial charge in [-0.2, -0.15) is 0 Å². The number of carbonyl (C=O) groups excluding carboxylic acids is 1. The normalized spacial score (nSPS) is 12.8. The molecule has 1 heterocycles. The molecule has 0 bridgehead atoms. The molecule has 1 atom stereocenters. The van der Waals surface area contributed by atoms with Crippen LogP contribution in [0.25, 0.3) is 0 Å². The Hall–Kier alpha value is -2.16. The van der Waals surface area contributed by atoms with Gasteiger partial charge in [-0.3, -0.25) is 4.79 Å². The average Bonchev–Trinajstić information content (AvgIpc) is 3.01. The number of quaternary nitrogens is 1. The molecule has 0 spiro atoms. The number of aryl methyl sites for hydroxylation is 1. The Kier molecular flexibility index (Phi) is 5.76. The summed E-state index contributed by atoms with van der Waals surface area (Å²) in [6, 6.07) is 8.47. The maximum absolute atomic E-state index is 12.1. The summed E-state index contributed by atoms with van der Waals surface area (Å²) in [6.07, 6.45) is 1.60. The Balaban J connectivity index is 2.02. The topological polar surface area (TPSA) is 92.9 Å². The molecule has 0 radical (unpaired) electrons. The summed E-state index contributed by atoms with van der Waals surface area (Å²) in [4.78, 5) is 13.2. The predicted molar refractivity (Wildman–Crippen MR) is 90.2 cm³/mol. The number of amides is 1. The van der Waals surface area contributed by atoms with Crippen LogP contribution in [0.2, 0.25) is 0 Å². The molecule has 2 aromatic rings. The summed E-state index contributed by atoms with van der Waals surface area (Å²) in [7, 11) is -0.326. The molecule has 7 nitrogen and oxygen atoms in total. The maximum atomic E-state index is 12.1. The molecule has 1 unspecified atom stereocenters. The van der Waals surface area contributed by atoms with Gasteiger partial charge in [-0.15, -0.1) is 0 Å². The number of anilines is 1. The van der Waals surface area contributed by atoms with Gasteiger partial charge in [0.25, 0.3) is 5.91 Å². The van der Waals surface area contributed by atoms with Crippen molar-refractivity contribution in [3.63, 3.8) is 0 Å². The lowest BCUT2D eigenvalue weighted by Gasteiger charge is -2.13. The highest BCUT2D eigenvalue weighted by Gasteiger charge is 2.17. The minimum absolute atomic E-state index is 0.152. The van der Waals surface area contributed by atoms with E-state index in [0.29, 0.717) is 17.8 Å². The van der Waals surface area contributed by atoms with E-state index in [0.717, 1.165) is 10.7 Å². The second-order valence-corrected chi connectivity index (χ2v) is 7.48. The van der Waals surface area contributed by atoms with Gasteiger partial charge >= 0.3 is 0 Å². The average molecular weight is 352 g/mol. The number of furan rings is 1. The van der Waals surface area contributed by atoms with E-state index in [1.807, 2.05) is 13.1 Å². The van der Waals surface area contributed by atoms with Gasteiger partial charge in [0.15, 0.2) is 12.3 Å². The molecular weight excluding hydrogens is 330 g/mol. The van der Waals surface area contributed by atoms with Gasteiger partial charge in [-0.05, 0) is 43.8 Å². The molecule has 0 aliphatic heterocycles. The Morgan fingerprint density at radius 3 is 2.67 bits per heavy atom. The number of nitrogens with one attached hydrogen (secondary N) is 3. The third kappa shape index (κ3) is 4.67. The van der Waals surface area contributed by atoms with E-state index in [2.05, 4.69) is 10.0 Å². The molecule has 1 aromatic carbocycles. The fraction of sp³-hybridized carbons (Fsp3) is 0.312. The van der Waals surface area contributed by atoms with E-state index in [-0.39, 0.29) is 17.3 Å². The lowest BCUT2D eigenvalue weighted by molar-refractivity contribution is -0.886. The molecule has 0 aliphatic rings. The predicted octanol–water partition coefficient (Wildman–Crippen LogP) is 0.150. The number of hydrogen-bond acceptors (Lipinski definition) is 4. The van der Waals surface area contributed by atoms with Crippen molar-refractivity contribution in [2.45, 2.75) is 18.4 Å². The summed E-state index contributed by atoms with van der Waals surface area (Å²) in [5.41, 5.74) is 1.06. The summed E-state index contributed by atoms with van der Waals surface area (Å²) in [5, 5.41) is 2.73. The number of carbonyl (C=O) groups is 1. The SMILES string of the molecule is CNS(=O)(=O)c1cc(NC(=O)C[NH+](C)Cc2ccco2)ccc1C. The van der Waals surface area contributed by atoms with E-state index in [9.17, 15) is 13.2 Å². The number of likely N-dealkylation sites (N-methyl/N-ethyl adjacent to an activating group) is 1. The fourth-order valence-electron chi connectivity index (χ4n) is 2.33. The molecule has 2 rings (SSSR count). The van der Waals surface area contributed by atoms with Crippen LogP contribution >= 0.6 is 0 Å². The molecule has 130 valence electrons. The van der Waals surface area contributed by atoms with Gasteiger partial charge < -0.3 is 14.6 Å². The highest BCUT2D eigenvalue weighted by Crippen LogP contribution is 2.19. The van der Waals surface area contributed by atoms with Crippen LogP contribution in [0.4, 0.5) is 5.69 Å². The molecular formula is C16H22N3O4S+. The summed E-state index contributed by atoms with van der Waals surface area (Å²) < 4.78 is 31.5. The number of rotatable bonds is 7. The lowest BCUT2D eigenvalue weighted by Crippen LogP contribution is -3.08. The second kappa shape index (κ2) is 7.61. The number of hydrogen-bond donors (Lipinski definition) is 3. The molecule has 8 heteroatoms. The minimum Gasteiger partial charge on any atom is -0.463 e. The highest BCUT2D eigenvalue weighted by atomic mass is 32.2. The van der Waals surface area contributed by atoms with Crippen LogP contribution in [0.1, 0.15) is 11.3 Å². The van der Waals surface area contributed by atoms with E-state index in [1.165, 1.54) is 13.1 Å². The lowest BCUT2D eigenvalue weighted by atomic mass is 10.2. The van der Waals surface area contributed by atoms with Crippen molar-refractivity contribution < 1.29 is 22.5 Å². The minimum atomic E-state index is -3.56. The number of sulfonamides is 1. The van der Waals surface area contributed by atoms with Crippen molar-refractivity contribution in [2.75, 3.05) is 26.0 Å². The van der Waals surface area contributed by atoms with Gasteiger partial charge in [0.05, 0.1) is 18.2 Å². The van der Waals surface area contributed by atoms with Crippen LogP contribution in [0.15, 0.2) is 45.9 Å². The second-order valence-electron chi connectivity index (χ2n) is 5.63. The van der Waals surface area contributed by atoms with Crippen LogP contribution < -0.4 is 14.9 Å². The standard InChI is InChI=1S/C16H21N3O4S/c1-12-6-7-13(9-15(12)24(21,22)17-2)18-16(20)11-19(3)10-14-5-4-8-23-14/h4-9,17H,10-11H2,1-3H3,(H,18,20)/p+1. The smallest absolute Gasteiger partial charge is 0.279 e. The van der Waals surface area contributed by atoms with Crippen LogP contribution in [-0.4, -0.2) is 35.0 Å².